The lowest BCUT2D eigenvalue weighted by atomic mass is 10.1. The number of nitrogens with zero attached hydrogens (tertiary/aromatic N) is 1. The van der Waals surface area contributed by atoms with Crippen molar-refractivity contribution in [1.29, 1.82) is 0 Å². The summed E-state index contributed by atoms with van der Waals surface area (Å²) >= 11 is 3.44. The van der Waals surface area contributed by atoms with E-state index in [0.717, 1.165) is 16.6 Å². The van der Waals surface area contributed by atoms with Crippen LogP contribution in [0.4, 0.5) is 5.69 Å². The fraction of sp³-hybridized carbons (Fsp3) is 0.250. The van der Waals surface area contributed by atoms with Gasteiger partial charge in [0.2, 0.25) is 0 Å². The lowest BCUT2D eigenvalue weighted by Crippen LogP contribution is -2.21. The molecule has 0 unspecified atom stereocenters. The highest BCUT2D eigenvalue weighted by Crippen LogP contribution is 2.25. The largest absolute Gasteiger partial charge is 0.508 e. The summed E-state index contributed by atoms with van der Waals surface area (Å²) in [5.74, 6) is 0.341. The number of aromatic hydroxyl groups is 1. The minimum atomic E-state index is 0.341. The van der Waals surface area contributed by atoms with Gasteiger partial charge in [0.25, 0.3) is 0 Å². The summed E-state index contributed by atoms with van der Waals surface area (Å²) in [7, 11) is 0. The van der Waals surface area contributed by atoms with Crippen LogP contribution in [-0.4, -0.2) is 11.7 Å². The van der Waals surface area contributed by atoms with Gasteiger partial charge in [-0.05, 0) is 44.2 Å². The molecule has 3 heteroatoms. The molecular weight excluding hydrogens is 302 g/mol. The van der Waals surface area contributed by atoms with Crippen LogP contribution in [0.25, 0.3) is 0 Å². The molecule has 0 aliphatic carbocycles. The van der Waals surface area contributed by atoms with Crippen molar-refractivity contribution < 1.29 is 5.11 Å². The Labute approximate surface area is 122 Å². The molecule has 1 N–H and O–H groups in total. The molecule has 0 aliphatic heterocycles. The zero-order valence-corrected chi connectivity index (χ0v) is 12.8. The van der Waals surface area contributed by atoms with Gasteiger partial charge in [-0.25, -0.2) is 0 Å². The molecule has 0 radical (unpaired) electrons. The summed E-state index contributed by atoms with van der Waals surface area (Å²) < 4.78 is 0.986. The Kier molecular flexibility index (Phi) is 4.48. The zero-order chi connectivity index (χ0) is 13.8. The van der Waals surface area contributed by atoms with Crippen molar-refractivity contribution in [3.63, 3.8) is 0 Å². The molecule has 0 fully saturated rings. The maximum absolute atomic E-state index is 9.92. The minimum Gasteiger partial charge on any atom is -0.508 e. The molecule has 2 nitrogen and oxygen atoms in total. The van der Waals surface area contributed by atoms with E-state index in [0.29, 0.717) is 12.3 Å². The molecule has 2 aromatic carbocycles. The van der Waals surface area contributed by atoms with Crippen LogP contribution < -0.4 is 4.90 Å². The van der Waals surface area contributed by atoms with Crippen LogP contribution in [0.15, 0.2) is 46.9 Å². The molecule has 0 spiro atoms. The van der Waals surface area contributed by atoms with Gasteiger partial charge >= 0.3 is 0 Å². The van der Waals surface area contributed by atoms with Crippen molar-refractivity contribution in [1.82, 2.24) is 0 Å². The second-order valence-electron chi connectivity index (χ2n) is 4.62. The smallest absolute Gasteiger partial charge is 0.120 e. The number of hydrogen-bond acceptors (Lipinski definition) is 2. The third kappa shape index (κ3) is 3.51. The van der Waals surface area contributed by atoms with Gasteiger partial charge in [-0.2, -0.15) is 0 Å². The Bertz CT molecular complexity index is 551. The summed E-state index contributed by atoms with van der Waals surface area (Å²) in [6.07, 6.45) is 0. The molecule has 2 rings (SSSR count). The summed E-state index contributed by atoms with van der Waals surface area (Å²) in [4.78, 5) is 2.24. The zero-order valence-electron chi connectivity index (χ0n) is 11.2. The number of phenols is 1. The van der Waals surface area contributed by atoms with Crippen molar-refractivity contribution in [3.8, 4) is 5.75 Å². The second kappa shape index (κ2) is 6.11. The highest BCUT2D eigenvalue weighted by atomic mass is 79.9. The molecular formula is C16H18BrNO. The Morgan fingerprint density at radius 3 is 2.42 bits per heavy atom. The molecule has 0 aliphatic rings. The van der Waals surface area contributed by atoms with Crippen LogP contribution in [0.1, 0.15) is 18.1 Å². The molecule has 19 heavy (non-hydrogen) atoms. The third-order valence-corrected chi connectivity index (χ3v) is 3.68. The fourth-order valence-corrected chi connectivity index (χ4v) is 2.44. The maximum Gasteiger partial charge on any atom is 0.120 e. The number of phenolic OH excluding ortho intramolecular Hbond substituents is 1. The van der Waals surface area contributed by atoms with E-state index in [-0.39, 0.29) is 0 Å². The molecule has 0 heterocycles. The SMILES string of the molecule is CCN(Cc1cc(Br)ccc1O)c1ccc(C)cc1. The lowest BCUT2D eigenvalue weighted by molar-refractivity contribution is 0.467. The van der Waals surface area contributed by atoms with Crippen molar-refractivity contribution >= 4 is 21.6 Å². The summed E-state index contributed by atoms with van der Waals surface area (Å²) in [6, 6.07) is 14.0. The van der Waals surface area contributed by atoms with E-state index in [1.165, 1.54) is 11.3 Å². The van der Waals surface area contributed by atoms with Crippen molar-refractivity contribution in [2.75, 3.05) is 11.4 Å². The molecule has 0 saturated heterocycles. The van der Waals surface area contributed by atoms with Gasteiger partial charge in [-0.1, -0.05) is 33.6 Å². The van der Waals surface area contributed by atoms with E-state index in [1.54, 1.807) is 6.07 Å². The third-order valence-electron chi connectivity index (χ3n) is 3.18. The van der Waals surface area contributed by atoms with Gasteiger partial charge in [0.05, 0.1) is 0 Å². The second-order valence-corrected chi connectivity index (χ2v) is 5.54. The normalized spacial score (nSPS) is 10.5. The predicted molar refractivity (Wildman–Crippen MR) is 83.7 cm³/mol. The predicted octanol–water partition coefficient (Wildman–Crippen LogP) is 4.49. The van der Waals surface area contributed by atoms with Gasteiger partial charge in [-0.15, -0.1) is 0 Å². The topological polar surface area (TPSA) is 23.5 Å². The minimum absolute atomic E-state index is 0.341. The van der Waals surface area contributed by atoms with Gasteiger partial charge in [0.15, 0.2) is 0 Å². The maximum atomic E-state index is 9.92. The number of benzene rings is 2. The first-order valence-electron chi connectivity index (χ1n) is 6.39. The Morgan fingerprint density at radius 2 is 1.79 bits per heavy atom. The molecule has 0 amide bonds. The standard InChI is InChI=1S/C16H18BrNO/c1-3-18(15-7-4-12(2)5-8-15)11-13-10-14(17)6-9-16(13)19/h4-10,19H,3,11H2,1-2H3. The molecule has 0 saturated carbocycles. The van der Waals surface area contributed by atoms with Gasteiger partial charge in [0, 0.05) is 28.8 Å². The molecule has 100 valence electrons. The summed E-state index contributed by atoms with van der Waals surface area (Å²) in [6.45, 7) is 5.80. The average Bonchev–Trinajstić information content (AvgIpc) is 2.41. The van der Waals surface area contributed by atoms with E-state index in [2.05, 4.69) is 58.9 Å². The van der Waals surface area contributed by atoms with Crippen molar-refractivity contribution in [2.45, 2.75) is 20.4 Å². The summed E-state index contributed by atoms with van der Waals surface area (Å²) in [5, 5.41) is 9.92. The van der Waals surface area contributed by atoms with Crippen LogP contribution in [0.3, 0.4) is 0 Å². The first-order chi connectivity index (χ1) is 9.10. The van der Waals surface area contributed by atoms with Gasteiger partial charge in [0.1, 0.15) is 5.75 Å². The molecule has 0 atom stereocenters. The van der Waals surface area contributed by atoms with Crippen molar-refractivity contribution in [3.05, 3.63) is 58.1 Å². The highest BCUT2D eigenvalue weighted by Gasteiger charge is 2.09. The summed E-state index contributed by atoms with van der Waals surface area (Å²) in [5.41, 5.74) is 3.36. The van der Waals surface area contributed by atoms with Gasteiger partial charge < -0.3 is 10.0 Å². The van der Waals surface area contributed by atoms with Crippen LogP contribution >= 0.6 is 15.9 Å². The monoisotopic (exact) mass is 319 g/mol. The quantitative estimate of drug-likeness (QED) is 0.897. The van der Waals surface area contributed by atoms with Crippen LogP contribution in [0.2, 0.25) is 0 Å². The van der Waals surface area contributed by atoms with Crippen LogP contribution in [0.5, 0.6) is 5.75 Å². The number of rotatable bonds is 4. The van der Waals surface area contributed by atoms with E-state index in [4.69, 9.17) is 0 Å². The molecule has 2 aromatic rings. The van der Waals surface area contributed by atoms with Crippen LogP contribution in [-0.2, 0) is 6.54 Å². The number of anilines is 1. The highest BCUT2D eigenvalue weighted by molar-refractivity contribution is 9.10. The van der Waals surface area contributed by atoms with E-state index < -0.39 is 0 Å². The number of halogens is 1. The number of aryl methyl sites for hydroxylation is 1. The van der Waals surface area contributed by atoms with E-state index in [1.807, 2.05) is 12.1 Å². The average molecular weight is 320 g/mol. The Balaban J connectivity index is 2.23. The van der Waals surface area contributed by atoms with Crippen molar-refractivity contribution in [2.24, 2.45) is 0 Å². The lowest BCUT2D eigenvalue weighted by Gasteiger charge is -2.24. The molecule has 0 bridgehead atoms. The first kappa shape index (κ1) is 13.9. The fourth-order valence-electron chi connectivity index (χ4n) is 2.03. The number of hydrogen-bond donors (Lipinski definition) is 1. The van der Waals surface area contributed by atoms with E-state index in [9.17, 15) is 5.11 Å². The van der Waals surface area contributed by atoms with Gasteiger partial charge in [-0.3, -0.25) is 0 Å². The first-order valence-corrected chi connectivity index (χ1v) is 7.18. The van der Waals surface area contributed by atoms with E-state index >= 15 is 0 Å². The Morgan fingerprint density at radius 1 is 1.11 bits per heavy atom. The van der Waals surface area contributed by atoms with Crippen LogP contribution in [0, 0.1) is 6.92 Å². The Hall–Kier alpha value is -1.48. The molecule has 0 aromatic heterocycles.